The molecule has 1 aromatic heterocycles. The number of nitrogen functional groups attached to an aromatic ring is 1. The SMILES string of the molecule is CC.CC(C)c1ccccc1-c1ncc(N)c(NCc2ccc(N3C=CCN3)cc2)n1. The summed E-state index contributed by atoms with van der Waals surface area (Å²) < 4.78 is 0. The number of hydrogen-bond donors (Lipinski definition) is 3. The zero-order chi connectivity index (χ0) is 22.2. The average molecular weight is 417 g/mol. The highest BCUT2D eigenvalue weighted by molar-refractivity contribution is 5.68. The van der Waals surface area contributed by atoms with Crippen LogP contribution in [0.15, 0.2) is 67.0 Å². The number of rotatable bonds is 6. The summed E-state index contributed by atoms with van der Waals surface area (Å²) in [7, 11) is 0. The molecule has 0 atom stereocenters. The van der Waals surface area contributed by atoms with Crippen molar-refractivity contribution < 1.29 is 0 Å². The molecule has 4 N–H and O–H groups in total. The summed E-state index contributed by atoms with van der Waals surface area (Å²) in [5.74, 6) is 1.73. The maximum atomic E-state index is 6.13. The molecule has 0 bridgehead atoms. The van der Waals surface area contributed by atoms with Crippen LogP contribution in [0.1, 0.15) is 44.7 Å². The highest BCUT2D eigenvalue weighted by Crippen LogP contribution is 2.28. The summed E-state index contributed by atoms with van der Waals surface area (Å²) in [6.07, 6.45) is 5.80. The second-order valence-electron chi connectivity index (χ2n) is 7.38. The van der Waals surface area contributed by atoms with Gasteiger partial charge >= 0.3 is 0 Å². The molecule has 0 aliphatic carbocycles. The van der Waals surface area contributed by atoms with E-state index in [9.17, 15) is 0 Å². The molecule has 2 aromatic carbocycles. The van der Waals surface area contributed by atoms with Gasteiger partial charge in [0, 0.05) is 24.9 Å². The Morgan fingerprint density at radius 1 is 1.10 bits per heavy atom. The van der Waals surface area contributed by atoms with Gasteiger partial charge in [-0.1, -0.05) is 70.2 Å². The van der Waals surface area contributed by atoms with Gasteiger partial charge in [0.1, 0.15) is 0 Å². The minimum atomic E-state index is 0.391. The van der Waals surface area contributed by atoms with Gasteiger partial charge in [-0.05, 0) is 29.2 Å². The van der Waals surface area contributed by atoms with Crippen molar-refractivity contribution in [1.29, 1.82) is 0 Å². The van der Waals surface area contributed by atoms with Crippen LogP contribution >= 0.6 is 0 Å². The minimum absolute atomic E-state index is 0.391. The Bertz CT molecular complexity index is 1010. The Labute approximate surface area is 185 Å². The third kappa shape index (κ3) is 5.41. The zero-order valence-electron chi connectivity index (χ0n) is 18.8. The van der Waals surface area contributed by atoms with E-state index in [4.69, 9.17) is 10.7 Å². The fourth-order valence-corrected chi connectivity index (χ4v) is 3.37. The summed E-state index contributed by atoms with van der Waals surface area (Å²) in [4.78, 5) is 9.17. The zero-order valence-corrected chi connectivity index (χ0v) is 18.8. The molecule has 0 fully saturated rings. The minimum Gasteiger partial charge on any atom is -0.394 e. The lowest BCUT2D eigenvalue weighted by Gasteiger charge is -2.16. The highest BCUT2D eigenvalue weighted by Gasteiger charge is 2.12. The lowest BCUT2D eigenvalue weighted by molar-refractivity contribution is 0.814. The van der Waals surface area contributed by atoms with Gasteiger partial charge in [-0.2, -0.15) is 0 Å². The predicted octanol–water partition coefficient (Wildman–Crippen LogP) is 5.33. The molecule has 0 unspecified atom stereocenters. The molecule has 0 spiro atoms. The Hall–Kier alpha value is -3.38. The fraction of sp³-hybridized carbons (Fsp3) is 0.280. The van der Waals surface area contributed by atoms with Crippen molar-refractivity contribution in [3.05, 3.63) is 78.1 Å². The summed E-state index contributed by atoms with van der Waals surface area (Å²) in [6.45, 7) is 9.84. The smallest absolute Gasteiger partial charge is 0.161 e. The Kier molecular flexibility index (Phi) is 7.62. The van der Waals surface area contributed by atoms with Crippen LogP contribution in [-0.4, -0.2) is 16.5 Å². The van der Waals surface area contributed by atoms with Crippen LogP contribution < -0.4 is 21.5 Å². The van der Waals surface area contributed by atoms with E-state index in [2.05, 4.69) is 72.0 Å². The first-order valence-corrected chi connectivity index (χ1v) is 10.9. The van der Waals surface area contributed by atoms with Crippen molar-refractivity contribution in [3.8, 4) is 11.4 Å². The van der Waals surface area contributed by atoms with E-state index in [0.29, 0.717) is 29.8 Å². The van der Waals surface area contributed by atoms with Gasteiger partial charge in [0.25, 0.3) is 0 Å². The van der Waals surface area contributed by atoms with E-state index < -0.39 is 0 Å². The second-order valence-corrected chi connectivity index (χ2v) is 7.38. The van der Waals surface area contributed by atoms with Gasteiger partial charge in [-0.3, -0.25) is 5.01 Å². The molecule has 0 amide bonds. The summed E-state index contributed by atoms with van der Waals surface area (Å²) in [5.41, 5.74) is 14.5. The average Bonchev–Trinajstić information content (AvgIpc) is 3.35. The number of hydrogen-bond acceptors (Lipinski definition) is 6. The summed E-state index contributed by atoms with van der Waals surface area (Å²) in [5, 5.41) is 5.37. The van der Waals surface area contributed by atoms with Crippen LogP contribution in [0.3, 0.4) is 0 Å². The largest absolute Gasteiger partial charge is 0.394 e. The van der Waals surface area contributed by atoms with Crippen LogP contribution in [-0.2, 0) is 6.54 Å². The van der Waals surface area contributed by atoms with E-state index in [1.807, 2.05) is 37.2 Å². The third-order valence-corrected chi connectivity index (χ3v) is 4.95. The maximum absolute atomic E-state index is 6.13. The molecular weight excluding hydrogens is 384 g/mol. The van der Waals surface area contributed by atoms with E-state index >= 15 is 0 Å². The lowest BCUT2D eigenvalue weighted by atomic mass is 9.97. The van der Waals surface area contributed by atoms with Crippen molar-refractivity contribution in [3.63, 3.8) is 0 Å². The maximum Gasteiger partial charge on any atom is 0.161 e. The molecule has 0 radical (unpaired) electrons. The second kappa shape index (κ2) is 10.6. The first-order valence-electron chi connectivity index (χ1n) is 10.9. The molecule has 6 nitrogen and oxygen atoms in total. The normalized spacial score (nSPS) is 12.6. The highest BCUT2D eigenvalue weighted by atomic mass is 15.5. The summed E-state index contributed by atoms with van der Waals surface area (Å²) >= 11 is 0. The van der Waals surface area contributed by atoms with Crippen LogP contribution in [0.5, 0.6) is 0 Å². The fourth-order valence-electron chi connectivity index (χ4n) is 3.37. The van der Waals surface area contributed by atoms with E-state index in [-0.39, 0.29) is 0 Å². The van der Waals surface area contributed by atoms with Crippen molar-refractivity contribution >= 4 is 17.2 Å². The van der Waals surface area contributed by atoms with Gasteiger partial charge in [0.2, 0.25) is 0 Å². The monoisotopic (exact) mass is 416 g/mol. The number of nitrogens with zero attached hydrogens (tertiary/aromatic N) is 3. The van der Waals surface area contributed by atoms with Gasteiger partial charge < -0.3 is 11.1 Å². The summed E-state index contributed by atoms with van der Waals surface area (Å²) in [6, 6.07) is 16.6. The van der Waals surface area contributed by atoms with Crippen molar-refractivity contribution in [2.75, 3.05) is 22.6 Å². The molecule has 3 aromatic rings. The molecule has 0 saturated heterocycles. The topological polar surface area (TPSA) is 79.1 Å². The number of hydrazine groups is 1. The van der Waals surface area contributed by atoms with Gasteiger partial charge in [0.15, 0.2) is 11.6 Å². The molecule has 1 aliphatic rings. The van der Waals surface area contributed by atoms with Gasteiger partial charge in [0.05, 0.1) is 17.6 Å². The van der Waals surface area contributed by atoms with Crippen LogP contribution in [0.2, 0.25) is 0 Å². The third-order valence-electron chi connectivity index (χ3n) is 4.95. The van der Waals surface area contributed by atoms with Crippen molar-refractivity contribution in [2.24, 2.45) is 0 Å². The molecule has 0 saturated carbocycles. The quantitative estimate of drug-likeness (QED) is 0.504. The standard InChI is InChI=1S/C23H26N6.C2H6/c1-16(2)19-6-3-4-7-20(19)22-26-15-21(24)23(28-22)25-14-17-8-10-18(11-9-17)29-13-5-12-27-29;1-2/h3-11,13,15-16,27H,12,14,24H2,1-2H3,(H,25,26,28);1-2H3. The van der Waals surface area contributed by atoms with Crippen LogP contribution in [0.25, 0.3) is 11.4 Å². The number of nitrogens with one attached hydrogen (secondary N) is 2. The number of nitrogens with two attached hydrogens (primary N) is 1. The molecule has 162 valence electrons. The van der Waals surface area contributed by atoms with Crippen molar-refractivity contribution in [1.82, 2.24) is 15.4 Å². The first kappa shape index (κ1) is 22.3. The molecule has 4 rings (SSSR count). The number of benzene rings is 2. The number of aromatic nitrogens is 2. The van der Waals surface area contributed by atoms with E-state index in [1.165, 1.54) is 5.56 Å². The van der Waals surface area contributed by atoms with Crippen LogP contribution in [0, 0.1) is 0 Å². The molecule has 6 heteroatoms. The molecule has 2 heterocycles. The molecule has 1 aliphatic heterocycles. The Balaban J connectivity index is 0.00000132. The predicted molar refractivity (Wildman–Crippen MR) is 131 cm³/mol. The van der Waals surface area contributed by atoms with Gasteiger partial charge in [-0.25, -0.2) is 15.4 Å². The Morgan fingerprint density at radius 3 is 2.52 bits per heavy atom. The van der Waals surface area contributed by atoms with Gasteiger partial charge in [-0.15, -0.1) is 0 Å². The molecule has 31 heavy (non-hydrogen) atoms. The Morgan fingerprint density at radius 2 is 1.84 bits per heavy atom. The van der Waals surface area contributed by atoms with Crippen LogP contribution in [0.4, 0.5) is 17.2 Å². The lowest BCUT2D eigenvalue weighted by Crippen LogP contribution is -2.28. The number of anilines is 3. The first-order chi connectivity index (χ1) is 15.1. The van der Waals surface area contributed by atoms with Crippen molar-refractivity contribution in [2.45, 2.75) is 40.2 Å². The molecular formula is C25H32N6. The van der Waals surface area contributed by atoms with E-state index in [1.54, 1.807) is 6.20 Å². The van der Waals surface area contributed by atoms with E-state index in [0.717, 1.165) is 23.4 Å².